The number of phenols is 1. The zero-order chi connectivity index (χ0) is 11.4. The molecule has 2 rings (SSSR count). The number of phenolic OH excluding ortho intramolecular Hbond substituents is 1. The number of ether oxygens (including phenoxy) is 1. The van der Waals surface area contributed by atoms with Gasteiger partial charge < -0.3 is 15.2 Å². The van der Waals surface area contributed by atoms with Crippen LogP contribution in [0.15, 0.2) is 24.3 Å². The van der Waals surface area contributed by atoms with Crippen LogP contribution < -0.4 is 5.32 Å². The Bertz CT molecular complexity index is 319. The van der Waals surface area contributed by atoms with E-state index in [1.807, 2.05) is 12.1 Å². The van der Waals surface area contributed by atoms with E-state index in [-0.39, 0.29) is 0 Å². The van der Waals surface area contributed by atoms with E-state index < -0.39 is 0 Å². The number of hydrogen-bond donors (Lipinski definition) is 2. The second kappa shape index (κ2) is 5.32. The zero-order valence-electron chi connectivity index (χ0n) is 9.65. The van der Waals surface area contributed by atoms with Crippen LogP contribution in [0, 0.1) is 0 Å². The summed E-state index contributed by atoms with van der Waals surface area (Å²) >= 11 is 0. The van der Waals surface area contributed by atoms with E-state index >= 15 is 0 Å². The quantitative estimate of drug-likeness (QED) is 0.795. The van der Waals surface area contributed by atoms with Crippen molar-refractivity contribution >= 4 is 0 Å². The molecule has 2 N–H and O–H groups in total. The van der Waals surface area contributed by atoms with Crippen LogP contribution in [0.25, 0.3) is 0 Å². The minimum absolute atomic E-state index is 0.335. The van der Waals surface area contributed by atoms with Crippen LogP contribution in [0.5, 0.6) is 5.75 Å². The van der Waals surface area contributed by atoms with Gasteiger partial charge in [0.05, 0.1) is 19.3 Å². The highest BCUT2D eigenvalue weighted by Gasteiger charge is 2.19. The first-order valence-electron chi connectivity index (χ1n) is 5.86. The van der Waals surface area contributed by atoms with E-state index in [1.54, 1.807) is 12.1 Å². The van der Waals surface area contributed by atoms with Gasteiger partial charge in [0.2, 0.25) is 0 Å². The summed E-state index contributed by atoms with van der Waals surface area (Å²) in [7, 11) is 0. The highest BCUT2D eigenvalue weighted by atomic mass is 16.5. The summed E-state index contributed by atoms with van der Waals surface area (Å²) in [6.07, 6.45) is 2.16. The highest BCUT2D eigenvalue weighted by molar-refractivity contribution is 5.25. The van der Waals surface area contributed by atoms with Gasteiger partial charge in [-0.25, -0.2) is 0 Å². The molecule has 3 heteroatoms. The smallest absolute Gasteiger partial charge is 0.115 e. The van der Waals surface area contributed by atoms with Crippen molar-refractivity contribution in [3.63, 3.8) is 0 Å². The molecule has 1 atom stereocenters. The van der Waals surface area contributed by atoms with Crippen molar-refractivity contribution in [1.82, 2.24) is 5.32 Å². The van der Waals surface area contributed by atoms with Crippen molar-refractivity contribution in [2.75, 3.05) is 13.2 Å². The molecule has 16 heavy (non-hydrogen) atoms. The Labute approximate surface area is 96.4 Å². The van der Waals surface area contributed by atoms with Gasteiger partial charge in [0, 0.05) is 6.04 Å². The van der Waals surface area contributed by atoms with Crippen LogP contribution in [0.1, 0.15) is 18.9 Å². The third kappa shape index (κ3) is 3.22. The molecule has 1 heterocycles. The summed E-state index contributed by atoms with van der Waals surface area (Å²) in [5, 5.41) is 12.7. The average molecular weight is 221 g/mol. The second-order valence-corrected chi connectivity index (χ2v) is 4.51. The van der Waals surface area contributed by atoms with Crippen LogP contribution in [-0.4, -0.2) is 30.4 Å². The number of rotatable bonds is 5. The fourth-order valence-corrected chi connectivity index (χ4v) is 1.86. The van der Waals surface area contributed by atoms with Gasteiger partial charge in [-0.3, -0.25) is 0 Å². The fraction of sp³-hybridized carbons (Fsp3) is 0.538. The molecule has 1 unspecified atom stereocenters. The first-order chi connectivity index (χ1) is 7.74. The normalized spacial score (nSPS) is 18.1. The molecule has 1 aromatic carbocycles. The van der Waals surface area contributed by atoms with Gasteiger partial charge in [-0.2, -0.15) is 0 Å². The highest BCUT2D eigenvalue weighted by Crippen LogP contribution is 2.12. The van der Waals surface area contributed by atoms with E-state index in [0.717, 1.165) is 26.1 Å². The van der Waals surface area contributed by atoms with Gasteiger partial charge in [-0.15, -0.1) is 0 Å². The topological polar surface area (TPSA) is 41.5 Å². The fourth-order valence-electron chi connectivity index (χ4n) is 1.86. The van der Waals surface area contributed by atoms with E-state index in [9.17, 15) is 0 Å². The van der Waals surface area contributed by atoms with Crippen LogP contribution >= 0.6 is 0 Å². The number of hydrogen-bond acceptors (Lipinski definition) is 3. The Morgan fingerprint density at radius 1 is 1.38 bits per heavy atom. The predicted octanol–water partition coefficient (Wildman–Crippen LogP) is 1.70. The van der Waals surface area contributed by atoms with Gasteiger partial charge in [0.1, 0.15) is 5.75 Å². The van der Waals surface area contributed by atoms with Crippen LogP contribution in [0.4, 0.5) is 0 Å². The summed E-state index contributed by atoms with van der Waals surface area (Å²) in [4.78, 5) is 0. The van der Waals surface area contributed by atoms with Crippen molar-refractivity contribution in [1.29, 1.82) is 0 Å². The third-order valence-corrected chi connectivity index (χ3v) is 2.96. The Balaban J connectivity index is 1.71. The average Bonchev–Trinajstić information content (AvgIpc) is 2.23. The predicted molar refractivity (Wildman–Crippen MR) is 63.6 cm³/mol. The summed E-state index contributed by atoms with van der Waals surface area (Å²) in [6.45, 7) is 3.91. The van der Waals surface area contributed by atoms with Gasteiger partial charge in [-0.1, -0.05) is 12.1 Å². The van der Waals surface area contributed by atoms with Crippen LogP contribution in [0.2, 0.25) is 0 Å². The standard InChI is InChI=1S/C13H19NO2/c1-10(14-12-8-16-9-12)2-3-11-4-6-13(15)7-5-11/h4-7,10,12,14-15H,2-3,8-9H2,1H3. The third-order valence-electron chi connectivity index (χ3n) is 2.96. The molecule has 0 aliphatic carbocycles. The van der Waals surface area contributed by atoms with E-state index in [1.165, 1.54) is 5.56 Å². The second-order valence-electron chi connectivity index (χ2n) is 4.51. The first-order valence-corrected chi connectivity index (χ1v) is 5.86. The monoisotopic (exact) mass is 221 g/mol. The SMILES string of the molecule is CC(CCc1ccc(O)cc1)NC1COC1. The van der Waals surface area contributed by atoms with E-state index in [0.29, 0.717) is 17.8 Å². The van der Waals surface area contributed by atoms with Gasteiger partial charge in [-0.05, 0) is 37.5 Å². The largest absolute Gasteiger partial charge is 0.508 e. The molecule has 0 saturated carbocycles. The number of aryl methyl sites for hydroxylation is 1. The van der Waals surface area contributed by atoms with Gasteiger partial charge in [0.15, 0.2) is 0 Å². The molecule has 88 valence electrons. The molecule has 3 nitrogen and oxygen atoms in total. The maximum absolute atomic E-state index is 9.17. The molecule has 0 bridgehead atoms. The summed E-state index contributed by atoms with van der Waals surface area (Å²) in [5.74, 6) is 0.335. The first kappa shape index (κ1) is 11.4. The Hall–Kier alpha value is -1.06. The lowest BCUT2D eigenvalue weighted by Gasteiger charge is -2.30. The van der Waals surface area contributed by atoms with Crippen molar-refractivity contribution < 1.29 is 9.84 Å². The zero-order valence-corrected chi connectivity index (χ0v) is 9.65. The van der Waals surface area contributed by atoms with Crippen molar-refractivity contribution in [2.24, 2.45) is 0 Å². The van der Waals surface area contributed by atoms with E-state index in [2.05, 4.69) is 12.2 Å². The van der Waals surface area contributed by atoms with Crippen molar-refractivity contribution in [3.8, 4) is 5.75 Å². The maximum Gasteiger partial charge on any atom is 0.115 e. The Morgan fingerprint density at radius 2 is 2.06 bits per heavy atom. The van der Waals surface area contributed by atoms with Gasteiger partial charge >= 0.3 is 0 Å². The molecule has 0 radical (unpaired) electrons. The van der Waals surface area contributed by atoms with Crippen molar-refractivity contribution in [2.45, 2.75) is 31.8 Å². The maximum atomic E-state index is 9.17. The lowest BCUT2D eigenvalue weighted by Crippen LogP contribution is -2.49. The summed E-state index contributed by atoms with van der Waals surface area (Å²) in [6, 6.07) is 8.51. The molecule has 1 aromatic rings. The summed E-state index contributed by atoms with van der Waals surface area (Å²) in [5.41, 5.74) is 1.27. The number of aromatic hydroxyl groups is 1. The molecule has 1 saturated heterocycles. The van der Waals surface area contributed by atoms with Crippen molar-refractivity contribution in [3.05, 3.63) is 29.8 Å². The van der Waals surface area contributed by atoms with Crippen LogP contribution in [-0.2, 0) is 11.2 Å². The minimum Gasteiger partial charge on any atom is -0.508 e. The minimum atomic E-state index is 0.335. The number of benzene rings is 1. The molecule has 0 amide bonds. The van der Waals surface area contributed by atoms with E-state index in [4.69, 9.17) is 9.84 Å². The molecule has 1 aliphatic rings. The Morgan fingerprint density at radius 3 is 2.62 bits per heavy atom. The summed E-state index contributed by atoms with van der Waals surface area (Å²) < 4.78 is 5.12. The van der Waals surface area contributed by atoms with Gasteiger partial charge in [0.25, 0.3) is 0 Å². The lowest BCUT2D eigenvalue weighted by molar-refractivity contribution is -0.00946. The molecule has 1 aliphatic heterocycles. The molecular formula is C13H19NO2. The molecule has 0 aromatic heterocycles. The molecular weight excluding hydrogens is 202 g/mol. The molecule has 1 fully saturated rings. The van der Waals surface area contributed by atoms with Crippen LogP contribution in [0.3, 0.4) is 0 Å². The number of nitrogens with one attached hydrogen (secondary N) is 1. The Kier molecular flexibility index (Phi) is 3.80. The molecule has 0 spiro atoms. The lowest BCUT2D eigenvalue weighted by atomic mass is 10.1.